The molecule has 7 heteroatoms. The van der Waals surface area contributed by atoms with E-state index in [0.717, 1.165) is 62.6 Å². The Bertz CT molecular complexity index is 703. The third-order valence-electron chi connectivity index (χ3n) is 4.66. The fourth-order valence-electron chi connectivity index (χ4n) is 3.58. The maximum atomic E-state index is 12.3. The summed E-state index contributed by atoms with van der Waals surface area (Å²) >= 11 is 0. The Hall–Kier alpha value is -1.21. The van der Waals surface area contributed by atoms with Crippen LogP contribution in [0.1, 0.15) is 55.8 Å². The zero-order valence-corrected chi connectivity index (χ0v) is 13.7. The van der Waals surface area contributed by atoms with Crippen LogP contribution in [0.2, 0.25) is 0 Å². The van der Waals surface area contributed by atoms with E-state index >= 15 is 0 Å². The van der Waals surface area contributed by atoms with Gasteiger partial charge in [-0.15, -0.1) is 0 Å². The van der Waals surface area contributed by atoms with Crippen molar-refractivity contribution in [2.45, 2.75) is 63.5 Å². The van der Waals surface area contributed by atoms with Crippen molar-refractivity contribution in [1.82, 2.24) is 14.5 Å². The zero-order chi connectivity index (χ0) is 15.7. The third-order valence-corrected chi connectivity index (χ3v) is 5.42. The quantitative estimate of drug-likeness (QED) is 0.904. The van der Waals surface area contributed by atoms with Crippen molar-refractivity contribution in [3.8, 4) is 0 Å². The van der Waals surface area contributed by atoms with Crippen LogP contribution >= 0.6 is 0 Å². The van der Waals surface area contributed by atoms with Crippen LogP contribution in [-0.4, -0.2) is 30.5 Å². The SMILES string of the molecule is CS(=O)(=O)NC1CCC(n2nc3c(cc2=O)CCCC3)CC1. The van der Waals surface area contributed by atoms with Gasteiger partial charge in [-0.05, 0) is 56.9 Å². The summed E-state index contributed by atoms with van der Waals surface area (Å²) in [5.74, 6) is 0. The molecular weight excluding hydrogens is 302 g/mol. The minimum absolute atomic E-state index is 0.0137. The Morgan fingerprint density at radius 2 is 1.86 bits per heavy atom. The van der Waals surface area contributed by atoms with Crippen LogP contribution in [0.15, 0.2) is 10.9 Å². The molecule has 1 aromatic rings. The highest BCUT2D eigenvalue weighted by Gasteiger charge is 2.26. The van der Waals surface area contributed by atoms with Gasteiger partial charge < -0.3 is 0 Å². The summed E-state index contributed by atoms with van der Waals surface area (Å²) in [6, 6.07) is 1.83. The zero-order valence-electron chi connectivity index (χ0n) is 12.9. The van der Waals surface area contributed by atoms with Gasteiger partial charge in [0.1, 0.15) is 0 Å². The van der Waals surface area contributed by atoms with Gasteiger partial charge in [0.2, 0.25) is 10.0 Å². The fourth-order valence-corrected chi connectivity index (χ4v) is 4.42. The molecule has 22 heavy (non-hydrogen) atoms. The molecule has 122 valence electrons. The summed E-state index contributed by atoms with van der Waals surface area (Å²) in [5.41, 5.74) is 2.17. The van der Waals surface area contributed by atoms with Crippen molar-refractivity contribution in [3.05, 3.63) is 27.7 Å². The molecule has 3 rings (SSSR count). The largest absolute Gasteiger partial charge is 0.268 e. The molecule has 1 heterocycles. The van der Waals surface area contributed by atoms with Crippen LogP contribution < -0.4 is 10.3 Å². The van der Waals surface area contributed by atoms with Gasteiger partial charge in [-0.1, -0.05) is 0 Å². The summed E-state index contributed by atoms with van der Waals surface area (Å²) in [6.45, 7) is 0. The van der Waals surface area contributed by atoms with Gasteiger partial charge in [-0.25, -0.2) is 17.8 Å². The van der Waals surface area contributed by atoms with E-state index < -0.39 is 10.0 Å². The van der Waals surface area contributed by atoms with Crippen LogP contribution in [-0.2, 0) is 22.9 Å². The van der Waals surface area contributed by atoms with Crippen molar-refractivity contribution in [1.29, 1.82) is 0 Å². The van der Waals surface area contributed by atoms with Crippen LogP contribution in [0.3, 0.4) is 0 Å². The first-order valence-electron chi connectivity index (χ1n) is 8.01. The molecule has 0 unspecified atom stereocenters. The van der Waals surface area contributed by atoms with Gasteiger partial charge in [0.25, 0.3) is 5.56 Å². The number of rotatable bonds is 3. The lowest BCUT2D eigenvalue weighted by Crippen LogP contribution is -2.39. The highest BCUT2D eigenvalue weighted by molar-refractivity contribution is 7.88. The lowest BCUT2D eigenvalue weighted by Gasteiger charge is -2.29. The number of nitrogens with one attached hydrogen (secondary N) is 1. The van der Waals surface area contributed by atoms with Crippen molar-refractivity contribution in [2.75, 3.05) is 6.26 Å². The molecule has 1 fully saturated rings. The van der Waals surface area contributed by atoms with E-state index in [0.29, 0.717) is 0 Å². The molecule has 0 spiro atoms. The van der Waals surface area contributed by atoms with E-state index in [2.05, 4.69) is 9.82 Å². The number of hydrogen-bond donors (Lipinski definition) is 1. The fraction of sp³-hybridized carbons (Fsp3) is 0.733. The third kappa shape index (κ3) is 3.57. The number of nitrogens with zero attached hydrogens (tertiary/aromatic N) is 2. The average molecular weight is 325 g/mol. The van der Waals surface area contributed by atoms with Crippen molar-refractivity contribution in [2.24, 2.45) is 0 Å². The predicted molar refractivity (Wildman–Crippen MR) is 84.4 cm³/mol. The second kappa shape index (κ2) is 6.12. The van der Waals surface area contributed by atoms with Gasteiger partial charge in [0.05, 0.1) is 18.0 Å². The van der Waals surface area contributed by atoms with Crippen molar-refractivity contribution < 1.29 is 8.42 Å². The number of hydrogen-bond acceptors (Lipinski definition) is 4. The molecule has 0 aromatic carbocycles. The maximum Gasteiger partial charge on any atom is 0.267 e. The van der Waals surface area contributed by atoms with Crippen LogP contribution in [0.25, 0.3) is 0 Å². The van der Waals surface area contributed by atoms with Gasteiger partial charge in [-0.2, -0.15) is 5.10 Å². The molecule has 2 aliphatic carbocycles. The molecule has 1 N–H and O–H groups in total. The molecule has 0 aliphatic heterocycles. The molecule has 0 amide bonds. The van der Waals surface area contributed by atoms with Crippen LogP contribution in [0.4, 0.5) is 0 Å². The maximum absolute atomic E-state index is 12.3. The minimum atomic E-state index is -3.16. The Balaban J connectivity index is 1.72. The summed E-state index contributed by atoms with van der Waals surface area (Å²) in [7, 11) is -3.16. The lowest BCUT2D eigenvalue weighted by atomic mass is 9.91. The molecule has 1 aromatic heterocycles. The monoisotopic (exact) mass is 325 g/mol. The minimum Gasteiger partial charge on any atom is -0.268 e. The Morgan fingerprint density at radius 1 is 1.18 bits per heavy atom. The Morgan fingerprint density at radius 3 is 2.55 bits per heavy atom. The average Bonchev–Trinajstić information content (AvgIpc) is 2.46. The first-order valence-corrected chi connectivity index (χ1v) is 9.90. The molecule has 0 atom stereocenters. The smallest absolute Gasteiger partial charge is 0.267 e. The summed E-state index contributed by atoms with van der Waals surface area (Å²) in [6.07, 6.45) is 8.48. The summed E-state index contributed by atoms with van der Waals surface area (Å²) in [5, 5.41) is 4.60. The first kappa shape index (κ1) is 15.7. The summed E-state index contributed by atoms with van der Waals surface area (Å²) < 4.78 is 26.9. The van der Waals surface area contributed by atoms with E-state index in [9.17, 15) is 13.2 Å². The number of fused-ring (bicyclic) bond motifs is 1. The number of aromatic nitrogens is 2. The standard InChI is InChI=1S/C15H23N3O3S/c1-22(20,21)17-12-6-8-13(9-7-12)18-15(19)10-11-4-2-3-5-14(11)16-18/h10,12-13,17H,2-9H2,1H3. The van der Waals surface area contributed by atoms with E-state index in [1.807, 2.05) is 0 Å². The second-order valence-electron chi connectivity index (χ2n) is 6.50. The van der Waals surface area contributed by atoms with E-state index in [-0.39, 0.29) is 17.6 Å². The van der Waals surface area contributed by atoms with Crippen molar-refractivity contribution >= 4 is 10.0 Å². The van der Waals surface area contributed by atoms with Gasteiger partial charge >= 0.3 is 0 Å². The van der Waals surface area contributed by atoms with Crippen molar-refractivity contribution in [3.63, 3.8) is 0 Å². The Labute approximate surface area is 131 Å². The highest BCUT2D eigenvalue weighted by atomic mass is 32.2. The normalized spacial score (nSPS) is 25.7. The van der Waals surface area contributed by atoms with E-state index in [1.165, 1.54) is 6.26 Å². The molecule has 6 nitrogen and oxygen atoms in total. The predicted octanol–water partition coefficient (Wildman–Crippen LogP) is 1.15. The Kier molecular flexibility index (Phi) is 4.36. The molecule has 0 bridgehead atoms. The highest BCUT2D eigenvalue weighted by Crippen LogP contribution is 2.28. The van der Waals surface area contributed by atoms with E-state index in [4.69, 9.17) is 0 Å². The summed E-state index contributed by atoms with van der Waals surface area (Å²) in [4.78, 5) is 12.3. The molecule has 1 saturated carbocycles. The topological polar surface area (TPSA) is 81.1 Å². The lowest BCUT2D eigenvalue weighted by molar-refractivity contribution is 0.283. The van der Waals surface area contributed by atoms with Crippen LogP contribution in [0, 0.1) is 0 Å². The van der Waals surface area contributed by atoms with E-state index in [1.54, 1.807) is 10.7 Å². The van der Waals surface area contributed by atoms with Gasteiger partial charge in [0.15, 0.2) is 0 Å². The molecule has 0 saturated heterocycles. The molecule has 2 aliphatic rings. The van der Waals surface area contributed by atoms with Gasteiger partial charge in [0, 0.05) is 12.1 Å². The first-order chi connectivity index (χ1) is 10.4. The number of aryl methyl sites for hydroxylation is 2. The molecule has 0 radical (unpaired) electrons. The second-order valence-corrected chi connectivity index (χ2v) is 8.28. The number of sulfonamides is 1. The van der Waals surface area contributed by atoms with Gasteiger partial charge in [-0.3, -0.25) is 4.79 Å². The van der Waals surface area contributed by atoms with Crippen LogP contribution in [0.5, 0.6) is 0 Å². The molecular formula is C15H23N3O3S.